The van der Waals surface area contributed by atoms with Crippen LogP contribution in [0, 0.1) is 0 Å². The molecular formula is C27H30N2O6. The van der Waals surface area contributed by atoms with Crippen LogP contribution < -0.4 is 19.5 Å². The molecule has 184 valence electrons. The summed E-state index contributed by atoms with van der Waals surface area (Å²) in [5.41, 5.74) is 1.04. The molecule has 8 heteroatoms. The van der Waals surface area contributed by atoms with Gasteiger partial charge in [-0.25, -0.2) is 0 Å². The Morgan fingerprint density at radius 1 is 0.943 bits per heavy atom. The van der Waals surface area contributed by atoms with E-state index in [4.69, 9.17) is 18.6 Å². The molecular weight excluding hydrogens is 448 g/mol. The molecule has 0 radical (unpaired) electrons. The Bertz CT molecular complexity index is 1090. The summed E-state index contributed by atoms with van der Waals surface area (Å²) in [4.78, 5) is 27.1. The summed E-state index contributed by atoms with van der Waals surface area (Å²) in [7, 11) is 0. The second-order valence-corrected chi connectivity index (χ2v) is 8.16. The van der Waals surface area contributed by atoms with E-state index in [1.54, 1.807) is 29.2 Å². The number of piperidine rings is 1. The molecule has 35 heavy (non-hydrogen) atoms. The van der Waals surface area contributed by atoms with Gasteiger partial charge in [-0.1, -0.05) is 18.2 Å². The minimum atomic E-state index is -0.176. The fourth-order valence-electron chi connectivity index (χ4n) is 3.93. The minimum Gasteiger partial charge on any atom is -0.490 e. The Morgan fingerprint density at radius 3 is 2.43 bits per heavy atom. The molecule has 8 nitrogen and oxygen atoms in total. The minimum absolute atomic E-state index is 0.00231. The van der Waals surface area contributed by atoms with Gasteiger partial charge in [0.2, 0.25) is 0 Å². The monoisotopic (exact) mass is 478 g/mol. The Labute approximate surface area is 204 Å². The summed E-state index contributed by atoms with van der Waals surface area (Å²) in [5.74, 6) is 1.63. The summed E-state index contributed by atoms with van der Waals surface area (Å²) in [6.45, 7) is 4.23. The first-order valence-electron chi connectivity index (χ1n) is 11.8. The third-order valence-electron chi connectivity index (χ3n) is 5.74. The molecule has 0 saturated carbocycles. The summed E-state index contributed by atoms with van der Waals surface area (Å²) in [6.07, 6.45) is 4.33. The predicted molar refractivity (Wildman–Crippen MR) is 130 cm³/mol. The molecule has 4 rings (SSSR count). The number of likely N-dealkylation sites (tertiary alicyclic amines) is 1. The normalized spacial score (nSPS) is 13.8. The second kappa shape index (κ2) is 12.0. The molecule has 2 heterocycles. The maximum atomic E-state index is 12.9. The first-order chi connectivity index (χ1) is 17.1. The van der Waals surface area contributed by atoms with E-state index in [2.05, 4.69) is 5.32 Å². The third-order valence-corrected chi connectivity index (χ3v) is 5.74. The zero-order chi connectivity index (χ0) is 24.5. The molecule has 1 N–H and O–H groups in total. The van der Waals surface area contributed by atoms with Crippen LogP contribution in [0.15, 0.2) is 71.5 Å². The maximum Gasteiger partial charge on any atom is 0.257 e. The van der Waals surface area contributed by atoms with Gasteiger partial charge in [0, 0.05) is 24.7 Å². The van der Waals surface area contributed by atoms with E-state index in [9.17, 15) is 9.59 Å². The number of amides is 2. The molecule has 0 bridgehead atoms. The van der Waals surface area contributed by atoms with Gasteiger partial charge in [0.05, 0.1) is 18.4 Å². The smallest absolute Gasteiger partial charge is 0.257 e. The van der Waals surface area contributed by atoms with Crippen molar-refractivity contribution in [1.82, 2.24) is 10.2 Å². The Morgan fingerprint density at radius 2 is 1.71 bits per heavy atom. The Hall–Kier alpha value is -3.94. The highest BCUT2D eigenvalue weighted by Crippen LogP contribution is 2.29. The molecule has 1 fully saturated rings. The summed E-state index contributed by atoms with van der Waals surface area (Å²) in [6, 6.07) is 16.4. The van der Waals surface area contributed by atoms with Crippen molar-refractivity contribution >= 4 is 11.8 Å². The lowest BCUT2D eigenvalue weighted by molar-refractivity contribution is 0.0697. The zero-order valence-corrected chi connectivity index (χ0v) is 19.8. The number of carbonyl (C=O) groups is 2. The van der Waals surface area contributed by atoms with Crippen molar-refractivity contribution < 1.29 is 28.2 Å². The van der Waals surface area contributed by atoms with E-state index in [1.165, 1.54) is 12.5 Å². The number of hydrogen-bond donors (Lipinski definition) is 1. The average Bonchev–Trinajstić information content (AvgIpc) is 3.43. The number of rotatable bonds is 10. The molecule has 2 amide bonds. The molecule has 1 saturated heterocycles. The van der Waals surface area contributed by atoms with Crippen LogP contribution in [0.1, 0.15) is 40.5 Å². The van der Waals surface area contributed by atoms with Gasteiger partial charge in [0.15, 0.2) is 11.5 Å². The van der Waals surface area contributed by atoms with Crippen LogP contribution >= 0.6 is 0 Å². The average molecular weight is 479 g/mol. The molecule has 1 aliphatic heterocycles. The van der Waals surface area contributed by atoms with Crippen LogP contribution in [0.4, 0.5) is 0 Å². The van der Waals surface area contributed by atoms with Crippen LogP contribution in [-0.2, 0) is 0 Å². The number of nitrogens with one attached hydrogen (secondary N) is 1. The van der Waals surface area contributed by atoms with Gasteiger partial charge in [-0.2, -0.15) is 0 Å². The van der Waals surface area contributed by atoms with Gasteiger partial charge in [-0.3, -0.25) is 9.59 Å². The number of para-hydroxylation sites is 1. The van der Waals surface area contributed by atoms with Gasteiger partial charge in [0.1, 0.15) is 25.2 Å². The topological polar surface area (TPSA) is 90.2 Å². The van der Waals surface area contributed by atoms with E-state index < -0.39 is 0 Å². The van der Waals surface area contributed by atoms with Crippen LogP contribution in [0.5, 0.6) is 17.2 Å². The lowest BCUT2D eigenvalue weighted by Crippen LogP contribution is -2.46. The Balaban J connectivity index is 1.28. The first kappa shape index (κ1) is 24.2. The number of furan rings is 1. The van der Waals surface area contributed by atoms with Gasteiger partial charge >= 0.3 is 0 Å². The van der Waals surface area contributed by atoms with E-state index in [-0.39, 0.29) is 17.9 Å². The fourth-order valence-corrected chi connectivity index (χ4v) is 3.93. The van der Waals surface area contributed by atoms with Crippen molar-refractivity contribution in [2.45, 2.75) is 25.8 Å². The quantitative estimate of drug-likeness (QED) is 0.440. The highest BCUT2D eigenvalue weighted by Gasteiger charge is 2.25. The largest absolute Gasteiger partial charge is 0.490 e. The Kier molecular flexibility index (Phi) is 8.27. The van der Waals surface area contributed by atoms with Crippen LogP contribution in [0.25, 0.3) is 0 Å². The standard InChI is InChI=1S/C27H30N2O6/c1-2-33-25-18-20(8-9-24(25)35-17-16-34-23-6-4-3-5-7-23)26(30)28-22-10-13-29(14-11-22)27(31)21-12-15-32-19-21/h3-9,12,15,18-19,22H,2,10-11,13-14,16-17H2,1H3,(H,28,30). The van der Waals surface area contributed by atoms with Gasteiger partial charge in [-0.15, -0.1) is 0 Å². The van der Waals surface area contributed by atoms with Gasteiger partial charge < -0.3 is 28.8 Å². The number of ether oxygens (including phenoxy) is 3. The summed E-state index contributed by atoms with van der Waals surface area (Å²) in [5, 5.41) is 3.08. The number of nitrogens with zero attached hydrogens (tertiary/aromatic N) is 1. The van der Waals surface area contributed by atoms with Crippen LogP contribution in [0.3, 0.4) is 0 Å². The van der Waals surface area contributed by atoms with Crippen molar-refractivity contribution in [2.24, 2.45) is 0 Å². The molecule has 0 unspecified atom stereocenters. The molecule has 1 aromatic heterocycles. The fraction of sp³-hybridized carbons (Fsp3) is 0.333. The number of hydrogen-bond acceptors (Lipinski definition) is 6. The molecule has 3 aromatic rings. The summed E-state index contributed by atoms with van der Waals surface area (Å²) >= 11 is 0. The molecule has 2 aromatic carbocycles. The lowest BCUT2D eigenvalue weighted by atomic mass is 10.0. The van der Waals surface area contributed by atoms with Crippen molar-refractivity contribution in [3.8, 4) is 17.2 Å². The van der Waals surface area contributed by atoms with Crippen molar-refractivity contribution in [1.29, 1.82) is 0 Å². The van der Waals surface area contributed by atoms with Crippen LogP contribution in [-0.4, -0.2) is 55.7 Å². The molecule has 0 spiro atoms. The zero-order valence-electron chi connectivity index (χ0n) is 19.8. The van der Waals surface area contributed by atoms with E-state index >= 15 is 0 Å². The highest BCUT2D eigenvalue weighted by atomic mass is 16.5. The third kappa shape index (κ3) is 6.56. The van der Waals surface area contributed by atoms with Gasteiger partial charge in [-0.05, 0) is 56.2 Å². The van der Waals surface area contributed by atoms with E-state index in [0.29, 0.717) is 68.4 Å². The number of carbonyl (C=O) groups excluding carboxylic acids is 2. The highest BCUT2D eigenvalue weighted by molar-refractivity contribution is 5.95. The lowest BCUT2D eigenvalue weighted by Gasteiger charge is -2.32. The molecule has 0 atom stereocenters. The first-order valence-corrected chi connectivity index (χ1v) is 11.8. The number of benzene rings is 2. The van der Waals surface area contributed by atoms with Crippen molar-refractivity contribution in [3.63, 3.8) is 0 Å². The van der Waals surface area contributed by atoms with E-state index in [1.807, 2.05) is 37.3 Å². The molecule has 0 aliphatic carbocycles. The molecule has 1 aliphatic rings. The van der Waals surface area contributed by atoms with Crippen LogP contribution in [0.2, 0.25) is 0 Å². The second-order valence-electron chi connectivity index (χ2n) is 8.16. The van der Waals surface area contributed by atoms with E-state index in [0.717, 1.165) is 5.75 Å². The summed E-state index contributed by atoms with van der Waals surface area (Å²) < 4.78 is 22.2. The van der Waals surface area contributed by atoms with Gasteiger partial charge in [0.25, 0.3) is 11.8 Å². The maximum absolute atomic E-state index is 12.9. The SMILES string of the molecule is CCOc1cc(C(=O)NC2CCN(C(=O)c3ccoc3)CC2)ccc1OCCOc1ccccc1. The predicted octanol–water partition coefficient (Wildman–Crippen LogP) is 4.17. The van der Waals surface area contributed by atoms with Crippen molar-refractivity contribution in [3.05, 3.63) is 78.3 Å². The van der Waals surface area contributed by atoms with Crippen molar-refractivity contribution in [2.75, 3.05) is 32.9 Å².